The Balaban J connectivity index is 1.71. The number of nitrogens with one attached hydrogen (secondary N) is 1. The number of aromatic nitrogens is 3. The second kappa shape index (κ2) is 4.81. The molecule has 92 valence electrons. The maximum absolute atomic E-state index is 11.8. The van der Waals surface area contributed by atoms with Crippen molar-refractivity contribution in [2.24, 2.45) is 5.92 Å². The van der Waals surface area contributed by atoms with E-state index in [0.717, 1.165) is 29.8 Å². The summed E-state index contributed by atoms with van der Waals surface area (Å²) in [4.78, 5) is 15.8. The Bertz CT molecular complexity index is 550. The minimum atomic E-state index is 0.0649. The van der Waals surface area contributed by atoms with Gasteiger partial charge in [0.2, 0.25) is 11.0 Å². The third kappa shape index (κ3) is 2.24. The van der Waals surface area contributed by atoms with E-state index in [0.29, 0.717) is 5.13 Å². The smallest absolute Gasteiger partial charge is 0.229 e. The van der Waals surface area contributed by atoms with Crippen LogP contribution in [0.3, 0.4) is 0 Å². The van der Waals surface area contributed by atoms with Crippen molar-refractivity contribution < 1.29 is 4.79 Å². The van der Waals surface area contributed by atoms with Crippen LogP contribution in [0.25, 0.3) is 10.6 Å². The molecular weight excluding hydrogens is 248 g/mol. The second-order valence-corrected chi connectivity index (χ2v) is 5.25. The Labute approximate surface area is 108 Å². The molecule has 18 heavy (non-hydrogen) atoms. The van der Waals surface area contributed by atoms with Crippen molar-refractivity contribution in [1.29, 1.82) is 0 Å². The largest absolute Gasteiger partial charge is 0.300 e. The van der Waals surface area contributed by atoms with Gasteiger partial charge in [0, 0.05) is 23.9 Å². The molecule has 1 aliphatic carbocycles. The first-order valence-electron chi connectivity index (χ1n) is 5.88. The van der Waals surface area contributed by atoms with Crippen molar-refractivity contribution in [3.63, 3.8) is 0 Å². The van der Waals surface area contributed by atoms with E-state index in [9.17, 15) is 4.79 Å². The molecule has 3 rings (SSSR count). The number of rotatable bonds is 3. The topological polar surface area (TPSA) is 67.8 Å². The van der Waals surface area contributed by atoms with Gasteiger partial charge in [0.15, 0.2) is 5.01 Å². The van der Waals surface area contributed by atoms with E-state index < -0.39 is 0 Å². The average molecular weight is 260 g/mol. The summed E-state index contributed by atoms with van der Waals surface area (Å²) in [6.07, 6.45) is 6.57. The van der Waals surface area contributed by atoms with Crippen molar-refractivity contribution in [2.75, 3.05) is 5.32 Å². The molecule has 1 amide bonds. The molecule has 2 aromatic rings. The Morgan fingerprint density at radius 2 is 2.28 bits per heavy atom. The van der Waals surface area contributed by atoms with Crippen LogP contribution >= 0.6 is 11.3 Å². The van der Waals surface area contributed by atoms with Crippen LogP contribution in [0.1, 0.15) is 19.3 Å². The molecule has 0 radical (unpaired) electrons. The zero-order chi connectivity index (χ0) is 12.4. The van der Waals surface area contributed by atoms with Gasteiger partial charge in [0.1, 0.15) is 0 Å². The Morgan fingerprint density at radius 1 is 1.39 bits per heavy atom. The van der Waals surface area contributed by atoms with Crippen LogP contribution in [-0.4, -0.2) is 21.1 Å². The predicted octanol–water partition coefficient (Wildman–Crippen LogP) is 2.34. The number of anilines is 1. The lowest BCUT2D eigenvalue weighted by Gasteiger charge is -2.23. The molecule has 0 aliphatic heterocycles. The molecular formula is C12H12N4OS. The van der Waals surface area contributed by atoms with Gasteiger partial charge in [0.25, 0.3) is 0 Å². The molecule has 0 saturated heterocycles. The van der Waals surface area contributed by atoms with E-state index in [4.69, 9.17) is 0 Å². The number of carbonyl (C=O) groups excluding carboxylic acids is 1. The zero-order valence-corrected chi connectivity index (χ0v) is 10.5. The molecule has 0 unspecified atom stereocenters. The SMILES string of the molecule is O=C(Nc1nnc(-c2cccnc2)s1)C1CCC1. The highest BCUT2D eigenvalue weighted by atomic mass is 32.1. The lowest BCUT2D eigenvalue weighted by atomic mass is 9.85. The van der Waals surface area contributed by atoms with Gasteiger partial charge < -0.3 is 5.32 Å². The van der Waals surface area contributed by atoms with E-state index in [1.54, 1.807) is 12.4 Å². The summed E-state index contributed by atoms with van der Waals surface area (Å²) in [6.45, 7) is 0. The highest BCUT2D eigenvalue weighted by Gasteiger charge is 2.25. The minimum Gasteiger partial charge on any atom is -0.300 e. The summed E-state index contributed by atoms with van der Waals surface area (Å²) < 4.78 is 0. The standard InChI is InChI=1S/C12H12N4OS/c17-10(8-3-1-4-8)14-12-16-15-11(18-12)9-5-2-6-13-7-9/h2,5-8H,1,3-4H2,(H,14,16,17). The van der Waals surface area contributed by atoms with Crippen LogP contribution in [0.5, 0.6) is 0 Å². The molecule has 0 bridgehead atoms. The Hall–Kier alpha value is -1.82. The van der Waals surface area contributed by atoms with Crippen molar-refractivity contribution in [3.8, 4) is 10.6 Å². The van der Waals surface area contributed by atoms with Crippen molar-refractivity contribution in [1.82, 2.24) is 15.2 Å². The molecule has 1 saturated carbocycles. The van der Waals surface area contributed by atoms with Gasteiger partial charge in [-0.3, -0.25) is 9.78 Å². The summed E-state index contributed by atoms with van der Waals surface area (Å²) in [5, 5.41) is 12.2. The first kappa shape index (κ1) is 11.3. The van der Waals surface area contributed by atoms with Gasteiger partial charge in [0.05, 0.1) is 0 Å². The van der Waals surface area contributed by atoms with Crippen LogP contribution in [0.4, 0.5) is 5.13 Å². The summed E-state index contributed by atoms with van der Waals surface area (Å²) in [5.74, 6) is 0.228. The number of hydrogen-bond acceptors (Lipinski definition) is 5. The molecule has 1 aliphatic rings. The normalized spacial score (nSPS) is 15.1. The van der Waals surface area contributed by atoms with Gasteiger partial charge in [-0.15, -0.1) is 10.2 Å². The van der Waals surface area contributed by atoms with E-state index in [2.05, 4.69) is 20.5 Å². The lowest BCUT2D eigenvalue weighted by Crippen LogP contribution is -2.27. The van der Waals surface area contributed by atoms with Crippen LogP contribution in [0.15, 0.2) is 24.5 Å². The molecule has 0 aromatic carbocycles. The monoisotopic (exact) mass is 260 g/mol. The van der Waals surface area contributed by atoms with E-state index in [-0.39, 0.29) is 11.8 Å². The quantitative estimate of drug-likeness (QED) is 0.919. The van der Waals surface area contributed by atoms with Crippen molar-refractivity contribution in [2.45, 2.75) is 19.3 Å². The Kier molecular flexibility index (Phi) is 3.02. The zero-order valence-electron chi connectivity index (χ0n) is 9.67. The molecule has 2 aromatic heterocycles. The molecule has 1 fully saturated rings. The predicted molar refractivity (Wildman–Crippen MR) is 69.1 cm³/mol. The fourth-order valence-electron chi connectivity index (χ4n) is 1.76. The fraction of sp³-hybridized carbons (Fsp3) is 0.333. The number of amides is 1. The lowest BCUT2D eigenvalue weighted by molar-refractivity contribution is -0.122. The number of nitrogens with zero attached hydrogens (tertiary/aromatic N) is 3. The minimum absolute atomic E-state index is 0.0649. The molecule has 5 nitrogen and oxygen atoms in total. The van der Waals surface area contributed by atoms with Crippen LogP contribution < -0.4 is 5.32 Å². The fourth-order valence-corrected chi connectivity index (χ4v) is 2.49. The van der Waals surface area contributed by atoms with E-state index in [1.807, 2.05) is 12.1 Å². The van der Waals surface area contributed by atoms with Crippen LogP contribution in [-0.2, 0) is 4.79 Å². The molecule has 2 heterocycles. The first-order chi connectivity index (χ1) is 8.83. The van der Waals surface area contributed by atoms with Crippen molar-refractivity contribution in [3.05, 3.63) is 24.5 Å². The van der Waals surface area contributed by atoms with E-state index >= 15 is 0 Å². The molecule has 6 heteroatoms. The number of pyridine rings is 1. The van der Waals surface area contributed by atoms with Gasteiger partial charge >= 0.3 is 0 Å². The van der Waals surface area contributed by atoms with Crippen LogP contribution in [0, 0.1) is 5.92 Å². The third-order valence-electron chi connectivity index (χ3n) is 3.04. The van der Waals surface area contributed by atoms with Crippen molar-refractivity contribution >= 4 is 22.4 Å². The van der Waals surface area contributed by atoms with Gasteiger partial charge in [-0.25, -0.2) is 0 Å². The first-order valence-corrected chi connectivity index (χ1v) is 6.69. The second-order valence-electron chi connectivity index (χ2n) is 4.27. The van der Waals surface area contributed by atoms with Gasteiger partial charge in [-0.2, -0.15) is 0 Å². The summed E-state index contributed by atoms with van der Waals surface area (Å²) in [5.41, 5.74) is 0.916. The summed E-state index contributed by atoms with van der Waals surface area (Å²) in [6, 6.07) is 3.77. The highest BCUT2D eigenvalue weighted by Crippen LogP contribution is 2.29. The maximum Gasteiger partial charge on any atom is 0.229 e. The van der Waals surface area contributed by atoms with Gasteiger partial charge in [-0.1, -0.05) is 17.8 Å². The highest BCUT2D eigenvalue weighted by molar-refractivity contribution is 7.18. The third-order valence-corrected chi connectivity index (χ3v) is 3.93. The van der Waals surface area contributed by atoms with Crippen LogP contribution in [0.2, 0.25) is 0 Å². The van der Waals surface area contributed by atoms with E-state index in [1.165, 1.54) is 11.3 Å². The Morgan fingerprint density at radius 3 is 2.94 bits per heavy atom. The number of hydrogen-bond donors (Lipinski definition) is 1. The summed E-state index contributed by atoms with van der Waals surface area (Å²) >= 11 is 1.37. The number of carbonyl (C=O) groups is 1. The summed E-state index contributed by atoms with van der Waals surface area (Å²) in [7, 11) is 0. The molecule has 1 N–H and O–H groups in total. The average Bonchev–Trinajstić information content (AvgIpc) is 2.76. The molecule has 0 spiro atoms. The van der Waals surface area contributed by atoms with Gasteiger partial charge in [-0.05, 0) is 25.0 Å². The molecule has 0 atom stereocenters. The maximum atomic E-state index is 11.8.